The van der Waals surface area contributed by atoms with E-state index in [0.29, 0.717) is 17.5 Å². The van der Waals surface area contributed by atoms with Crippen molar-refractivity contribution in [3.8, 4) is 11.6 Å². The highest BCUT2D eigenvalue weighted by molar-refractivity contribution is 5.92. The third-order valence-electron chi connectivity index (χ3n) is 5.60. The average molecular weight is 389 g/mol. The van der Waals surface area contributed by atoms with E-state index in [2.05, 4.69) is 40.7 Å². The molecule has 5 nitrogen and oxygen atoms in total. The molecule has 0 fully saturated rings. The van der Waals surface area contributed by atoms with Crippen LogP contribution in [0.25, 0.3) is 0 Å². The van der Waals surface area contributed by atoms with Crippen molar-refractivity contribution < 1.29 is 9.53 Å². The number of nitrogens with zero attached hydrogens (tertiary/aromatic N) is 1. The van der Waals surface area contributed by atoms with Crippen LogP contribution in [0, 0.1) is 0 Å². The lowest BCUT2D eigenvalue weighted by atomic mass is 10.0. The molecule has 5 heteroatoms. The maximum atomic E-state index is 11.2. The van der Waals surface area contributed by atoms with Crippen molar-refractivity contribution in [1.82, 2.24) is 10.3 Å². The Morgan fingerprint density at radius 1 is 1.21 bits per heavy atom. The number of allylic oxidation sites excluding steroid dienone is 3. The molecule has 0 spiro atoms. The van der Waals surface area contributed by atoms with Gasteiger partial charge >= 0.3 is 0 Å². The Balaban J connectivity index is 1.39. The van der Waals surface area contributed by atoms with E-state index < -0.39 is 5.91 Å². The Bertz CT molecular complexity index is 932. The molecule has 1 heterocycles. The zero-order valence-corrected chi connectivity index (χ0v) is 16.6. The molecule has 2 aromatic rings. The van der Waals surface area contributed by atoms with Gasteiger partial charge in [0.1, 0.15) is 5.75 Å². The van der Waals surface area contributed by atoms with Crippen LogP contribution in [0.2, 0.25) is 0 Å². The number of aryl methyl sites for hydroxylation is 1. The van der Waals surface area contributed by atoms with Gasteiger partial charge in [-0.25, -0.2) is 4.98 Å². The van der Waals surface area contributed by atoms with Crippen LogP contribution in [0.5, 0.6) is 11.6 Å². The maximum absolute atomic E-state index is 11.2. The molecule has 0 bridgehead atoms. The summed E-state index contributed by atoms with van der Waals surface area (Å²) in [6.07, 6.45) is 14.9. The number of ether oxygens (including phenoxy) is 1. The lowest BCUT2D eigenvalue weighted by Crippen LogP contribution is -2.32. The van der Waals surface area contributed by atoms with E-state index >= 15 is 0 Å². The molecule has 0 saturated carbocycles. The number of aromatic nitrogens is 1. The van der Waals surface area contributed by atoms with Crippen molar-refractivity contribution in [1.29, 1.82) is 0 Å². The minimum atomic E-state index is -0.492. The van der Waals surface area contributed by atoms with Crippen molar-refractivity contribution in [2.45, 2.75) is 44.6 Å². The molecule has 0 aliphatic heterocycles. The highest BCUT2D eigenvalue weighted by atomic mass is 16.5. The van der Waals surface area contributed by atoms with Crippen molar-refractivity contribution >= 4 is 5.91 Å². The summed E-state index contributed by atoms with van der Waals surface area (Å²) in [5.41, 5.74) is 9.86. The van der Waals surface area contributed by atoms with E-state index in [1.807, 2.05) is 6.07 Å². The SMILES string of the molecule is NC(=O)c1ccc(Oc2ccc3c(c2)CCCC(NCC2=CC=CCC2)C3)nc1. The van der Waals surface area contributed by atoms with E-state index in [0.717, 1.165) is 31.6 Å². The van der Waals surface area contributed by atoms with Crippen LogP contribution in [0.15, 0.2) is 60.3 Å². The quantitative estimate of drug-likeness (QED) is 0.730. The van der Waals surface area contributed by atoms with Crippen LogP contribution in [0.4, 0.5) is 0 Å². The maximum Gasteiger partial charge on any atom is 0.250 e. The van der Waals surface area contributed by atoms with Crippen molar-refractivity contribution in [2.24, 2.45) is 5.73 Å². The Morgan fingerprint density at radius 2 is 2.14 bits per heavy atom. The Labute approximate surface area is 171 Å². The molecule has 150 valence electrons. The molecule has 1 unspecified atom stereocenters. The molecule has 1 amide bonds. The standard InChI is InChI=1S/C24H27N3O2/c25-24(28)20-10-12-23(27-16-20)29-22-11-9-19-13-21(8-4-7-18(19)14-22)26-15-17-5-2-1-3-6-17/h1-2,5,9-12,14,16,21,26H,3-4,6-8,13,15H2,(H2,25,28). The number of rotatable bonds is 6. The van der Waals surface area contributed by atoms with E-state index in [1.54, 1.807) is 12.1 Å². The van der Waals surface area contributed by atoms with Gasteiger partial charge in [-0.2, -0.15) is 0 Å². The lowest BCUT2D eigenvalue weighted by Gasteiger charge is -2.19. The van der Waals surface area contributed by atoms with Crippen molar-refractivity contribution in [3.05, 3.63) is 77.0 Å². The molecule has 4 rings (SSSR count). The number of fused-ring (bicyclic) bond motifs is 1. The summed E-state index contributed by atoms with van der Waals surface area (Å²) in [5, 5.41) is 3.76. The van der Waals surface area contributed by atoms with Gasteiger partial charge in [-0.15, -0.1) is 0 Å². The van der Waals surface area contributed by atoms with Gasteiger partial charge in [0.2, 0.25) is 11.8 Å². The first-order valence-corrected chi connectivity index (χ1v) is 10.3. The van der Waals surface area contributed by atoms with Crippen molar-refractivity contribution in [3.63, 3.8) is 0 Å². The Hall–Kier alpha value is -2.92. The van der Waals surface area contributed by atoms with Crippen molar-refractivity contribution in [2.75, 3.05) is 6.54 Å². The smallest absolute Gasteiger partial charge is 0.250 e. The van der Waals surface area contributed by atoms with Crippen LogP contribution in [-0.4, -0.2) is 23.5 Å². The number of hydrogen-bond donors (Lipinski definition) is 2. The van der Waals surface area contributed by atoms with E-state index in [9.17, 15) is 4.79 Å². The topological polar surface area (TPSA) is 77.2 Å². The van der Waals surface area contributed by atoms with Gasteiger partial charge in [0.15, 0.2) is 0 Å². The van der Waals surface area contributed by atoms with Gasteiger partial charge in [-0.3, -0.25) is 4.79 Å². The number of nitrogens with two attached hydrogens (primary N) is 1. The number of primary amides is 1. The summed E-state index contributed by atoms with van der Waals surface area (Å²) in [6, 6.07) is 10.1. The molecular weight excluding hydrogens is 362 g/mol. The first kappa shape index (κ1) is 19.4. The molecule has 0 saturated heterocycles. The fourth-order valence-corrected chi connectivity index (χ4v) is 3.96. The highest BCUT2D eigenvalue weighted by Crippen LogP contribution is 2.27. The number of benzene rings is 1. The molecule has 1 aromatic carbocycles. The first-order valence-electron chi connectivity index (χ1n) is 10.3. The Morgan fingerprint density at radius 3 is 2.90 bits per heavy atom. The summed E-state index contributed by atoms with van der Waals surface area (Å²) in [4.78, 5) is 15.3. The lowest BCUT2D eigenvalue weighted by molar-refractivity contribution is 0.1000. The largest absolute Gasteiger partial charge is 0.439 e. The average Bonchev–Trinajstić information content (AvgIpc) is 2.95. The number of nitrogens with one attached hydrogen (secondary N) is 1. The van der Waals surface area contributed by atoms with Crippen LogP contribution in [0.3, 0.4) is 0 Å². The number of amides is 1. The predicted molar refractivity (Wildman–Crippen MR) is 114 cm³/mol. The molecule has 3 N–H and O–H groups in total. The monoisotopic (exact) mass is 389 g/mol. The van der Waals surface area contributed by atoms with Gasteiger partial charge in [0.25, 0.3) is 0 Å². The number of carbonyl (C=O) groups excluding carboxylic acids is 1. The molecule has 2 aliphatic carbocycles. The summed E-state index contributed by atoms with van der Waals surface area (Å²) >= 11 is 0. The molecule has 29 heavy (non-hydrogen) atoms. The van der Waals surface area contributed by atoms with Crippen LogP contribution >= 0.6 is 0 Å². The van der Waals surface area contributed by atoms with Crippen LogP contribution < -0.4 is 15.8 Å². The fraction of sp³-hybridized carbons (Fsp3) is 0.333. The molecule has 1 atom stereocenters. The zero-order chi connectivity index (χ0) is 20.1. The van der Waals surface area contributed by atoms with Gasteiger partial charge < -0.3 is 15.8 Å². The van der Waals surface area contributed by atoms with E-state index in [4.69, 9.17) is 10.5 Å². The fourth-order valence-electron chi connectivity index (χ4n) is 3.96. The summed E-state index contributed by atoms with van der Waals surface area (Å²) in [5.74, 6) is 0.736. The second kappa shape index (κ2) is 9.05. The summed E-state index contributed by atoms with van der Waals surface area (Å²) in [7, 11) is 0. The van der Waals surface area contributed by atoms with Gasteiger partial charge in [-0.05, 0) is 67.9 Å². The Kier molecular flexibility index (Phi) is 6.06. The summed E-state index contributed by atoms with van der Waals surface area (Å²) in [6.45, 7) is 0.985. The molecular formula is C24H27N3O2. The van der Waals surface area contributed by atoms with E-state index in [1.165, 1.54) is 42.2 Å². The number of pyridine rings is 1. The van der Waals surface area contributed by atoms with Crippen LogP contribution in [0.1, 0.15) is 47.2 Å². The second-order valence-corrected chi connectivity index (χ2v) is 7.75. The molecule has 1 aromatic heterocycles. The van der Waals surface area contributed by atoms with Gasteiger partial charge in [0.05, 0.1) is 5.56 Å². The molecule has 2 aliphatic rings. The predicted octanol–water partition coefficient (Wildman–Crippen LogP) is 4.09. The minimum Gasteiger partial charge on any atom is -0.439 e. The summed E-state index contributed by atoms with van der Waals surface area (Å²) < 4.78 is 5.88. The normalized spacial score (nSPS) is 18.5. The molecule has 0 radical (unpaired) electrons. The third-order valence-corrected chi connectivity index (χ3v) is 5.60. The first-order chi connectivity index (χ1) is 14.2. The minimum absolute atomic E-state index is 0.373. The third kappa shape index (κ3) is 5.12. The van der Waals surface area contributed by atoms with E-state index in [-0.39, 0.29) is 0 Å². The van der Waals surface area contributed by atoms with Gasteiger partial charge in [0, 0.05) is 24.8 Å². The number of hydrogen-bond acceptors (Lipinski definition) is 4. The number of carbonyl (C=O) groups is 1. The highest BCUT2D eigenvalue weighted by Gasteiger charge is 2.17. The second-order valence-electron chi connectivity index (χ2n) is 7.75. The van der Waals surface area contributed by atoms with Crippen LogP contribution in [-0.2, 0) is 12.8 Å². The van der Waals surface area contributed by atoms with Gasteiger partial charge in [-0.1, -0.05) is 29.9 Å². The zero-order valence-electron chi connectivity index (χ0n) is 16.6.